The molecule has 188 valence electrons. The number of ether oxygens (including phenoxy) is 6. The van der Waals surface area contributed by atoms with Gasteiger partial charge in [0.25, 0.3) is 0 Å². The SMILES string of the molecule is CC(=O)OCCOC(=O)CCC(=O)N1CCC(OCCOC(C)=O)(OCCOC(C)=O)CC1. The fourth-order valence-corrected chi connectivity index (χ4v) is 3.03. The van der Waals surface area contributed by atoms with Gasteiger partial charge >= 0.3 is 23.9 Å². The van der Waals surface area contributed by atoms with Crippen LogP contribution in [0, 0.1) is 0 Å². The Morgan fingerprint density at radius 2 is 1.06 bits per heavy atom. The number of amides is 1. The minimum atomic E-state index is -1.01. The molecule has 0 aromatic rings. The van der Waals surface area contributed by atoms with Crippen molar-refractivity contribution in [1.29, 1.82) is 0 Å². The maximum absolute atomic E-state index is 12.5. The quantitative estimate of drug-likeness (QED) is 0.148. The van der Waals surface area contributed by atoms with Gasteiger partial charge in [-0.3, -0.25) is 24.0 Å². The molecular weight excluding hydrogens is 442 g/mol. The van der Waals surface area contributed by atoms with Gasteiger partial charge in [0.1, 0.15) is 26.4 Å². The van der Waals surface area contributed by atoms with Gasteiger partial charge < -0.3 is 33.3 Å². The highest BCUT2D eigenvalue weighted by molar-refractivity contribution is 5.81. The van der Waals surface area contributed by atoms with Gasteiger partial charge in [0.15, 0.2) is 5.79 Å². The predicted molar refractivity (Wildman–Crippen MR) is 111 cm³/mol. The molecule has 0 saturated carbocycles. The Bertz CT molecular complexity index is 647. The van der Waals surface area contributed by atoms with E-state index in [1.165, 1.54) is 20.8 Å². The number of rotatable bonds is 14. The average molecular weight is 475 g/mol. The molecule has 0 N–H and O–H groups in total. The molecule has 0 aliphatic carbocycles. The molecule has 1 aliphatic heterocycles. The van der Waals surface area contributed by atoms with E-state index in [2.05, 4.69) is 4.74 Å². The van der Waals surface area contributed by atoms with Crippen LogP contribution >= 0.6 is 0 Å². The zero-order chi connectivity index (χ0) is 24.7. The minimum Gasteiger partial charge on any atom is -0.463 e. The van der Waals surface area contributed by atoms with Crippen LogP contribution in [0.3, 0.4) is 0 Å². The standard InChI is InChI=1S/C21H33NO11/c1-16(23)28-10-11-31-20(27)5-4-19(26)22-8-6-21(7-9-22,32-14-12-29-17(2)24)33-15-13-30-18(3)25/h4-15H2,1-3H3. The number of hydrogen-bond donors (Lipinski definition) is 0. The summed E-state index contributed by atoms with van der Waals surface area (Å²) in [6.07, 6.45) is 0.607. The van der Waals surface area contributed by atoms with Gasteiger partial charge in [0.05, 0.1) is 19.6 Å². The third-order valence-electron chi connectivity index (χ3n) is 4.58. The molecule has 0 aromatic carbocycles. The second kappa shape index (κ2) is 15.2. The molecule has 1 fully saturated rings. The summed E-state index contributed by atoms with van der Waals surface area (Å²) in [6.45, 7) is 4.77. The van der Waals surface area contributed by atoms with Crippen LogP contribution in [0.4, 0.5) is 0 Å². The van der Waals surface area contributed by atoms with Crippen molar-refractivity contribution in [2.24, 2.45) is 0 Å². The van der Waals surface area contributed by atoms with Crippen molar-refractivity contribution in [2.45, 2.75) is 52.2 Å². The van der Waals surface area contributed by atoms with Crippen molar-refractivity contribution >= 4 is 29.8 Å². The molecular formula is C21H33NO11. The van der Waals surface area contributed by atoms with Crippen LogP contribution in [0.25, 0.3) is 0 Å². The lowest BCUT2D eigenvalue weighted by atomic mass is 10.0. The highest BCUT2D eigenvalue weighted by Gasteiger charge is 2.38. The number of nitrogens with zero attached hydrogens (tertiary/aromatic N) is 1. The van der Waals surface area contributed by atoms with Crippen LogP contribution in [-0.2, 0) is 52.4 Å². The number of hydrogen-bond acceptors (Lipinski definition) is 11. The van der Waals surface area contributed by atoms with Crippen molar-refractivity contribution in [1.82, 2.24) is 4.90 Å². The first kappa shape index (κ1) is 28.3. The van der Waals surface area contributed by atoms with Crippen molar-refractivity contribution in [2.75, 3.05) is 52.7 Å². The van der Waals surface area contributed by atoms with Crippen LogP contribution in [-0.4, -0.2) is 93.2 Å². The van der Waals surface area contributed by atoms with Crippen molar-refractivity contribution < 1.29 is 52.4 Å². The Kier molecular flexibility index (Phi) is 13.0. The minimum absolute atomic E-state index is 0.0139. The molecule has 0 aromatic heterocycles. The first-order chi connectivity index (χ1) is 15.6. The third-order valence-corrected chi connectivity index (χ3v) is 4.58. The highest BCUT2D eigenvalue weighted by atomic mass is 16.7. The third kappa shape index (κ3) is 12.8. The molecule has 1 amide bonds. The maximum atomic E-state index is 12.5. The normalized spacial score (nSPS) is 14.8. The summed E-state index contributed by atoms with van der Waals surface area (Å²) >= 11 is 0. The molecule has 1 heterocycles. The Morgan fingerprint density at radius 1 is 0.636 bits per heavy atom. The zero-order valence-electron chi connectivity index (χ0n) is 19.4. The van der Waals surface area contributed by atoms with E-state index < -0.39 is 29.7 Å². The second-order valence-corrected chi connectivity index (χ2v) is 7.23. The van der Waals surface area contributed by atoms with E-state index in [-0.39, 0.29) is 58.4 Å². The van der Waals surface area contributed by atoms with Crippen LogP contribution < -0.4 is 0 Å². The van der Waals surface area contributed by atoms with E-state index >= 15 is 0 Å². The first-order valence-electron chi connectivity index (χ1n) is 10.7. The van der Waals surface area contributed by atoms with Gasteiger partial charge in [0.2, 0.25) is 5.91 Å². The largest absolute Gasteiger partial charge is 0.463 e. The topological polar surface area (TPSA) is 144 Å². The number of carbonyl (C=O) groups is 5. The van der Waals surface area contributed by atoms with E-state index in [9.17, 15) is 24.0 Å². The van der Waals surface area contributed by atoms with Crippen LogP contribution in [0.2, 0.25) is 0 Å². The van der Waals surface area contributed by atoms with Gasteiger partial charge in [-0.15, -0.1) is 0 Å². The molecule has 12 heteroatoms. The summed E-state index contributed by atoms with van der Waals surface area (Å²) in [5.41, 5.74) is 0. The molecule has 0 bridgehead atoms. The Labute approximate surface area is 192 Å². The molecule has 33 heavy (non-hydrogen) atoms. The lowest BCUT2D eigenvalue weighted by Crippen LogP contribution is -2.50. The zero-order valence-corrected chi connectivity index (χ0v) is 19.4. The van der Waals surface area contributed by atoms with Crippen molar-refractivity contribution in [3.8, 4) is 0 Å². The van der Waals surface area contributed by atoms with E-state index in [0.717, 1.165) is 0 Å². The number of piperidine rings is 1. The summed E-state index contributed by atoms with van der Waals surface area (Å²) in [5.74, 6) is -3.08. The Morgan fingerprint density at radius 3 is 1.52 bits per heavy atom. The molecule has 1 aliphatic rings. The van der Waals surface area contributed by atoms with Gasteiger partial charge in [-0.2, -0.15) is 0 Å². The van der Waals surface area contributed by atoms with E-state index in [4.69, 9.17) is 23.7 Å². The monoisotopic (exact) mass is 475 g/mol. The number of carbonyl (C=O) groups excluding carboxylic acids is 5. The lowest BCUT2D eigenvalue weighted by Gasteiger charge is -2.41. The van der Waals surface area contributed by atoms with Gasteiger partial charge in [-0.25, -0.2) is 0 Å². The second-order valence-electron chi connectivity index (χ2n) is 7.23. The average Bonchev–Trinajstić information content (AvgIpc) is 2.76. The van der Waals surface area contributed by atoms with Crippen molar-refractivity contribution in [3.63, 3.8) is 0 Å². The summed E-state index contributed by atoms with van der Waals surface area (Å²) in [4.78, 5) is 58.3. The van der Waals surface area contributed by atoms with Crippen LogP contribution in [0.5, 0.6) is 0 Å². The predicted octanol–water partition coefficient (Wildman–Crippen LogP) is 0.351. The van der Waals surface area contributed by atoms with Gasteiger partial charge in [0, 0.05) is 53.1 Å². The fourth-order valence-electron chi connectivity index (χ4n) is 3.03. The van der Waals surface area contributed by atoms with Crippen molar-refractivity contribution in [3.05, 3.63) is 0 Å². The molecule has 0 atom stereocenters. The lowest BCUT2D eigenvalue weighted by molar-refractivity contribution is -0.262. The summed E-state index contributed by atoms with van der Waals surface area (Å²) in [7, 11) is 0. The van der Waals surface area contributed by atoms with Crippen LogP contribution in [0.15, 0.2) is 0 Å². The van der Waals surface area contributed by atoms with E-state index in [1.54, 1.807) is 4.90 Å². The molecule has 12 nitrogen and oxygen atoms in total. The first-order valence-corrected chi connectivity index (χ1v) is 10.7. The van der Waals surface area contributed by atoms with Gasteiger partial charge in [-0.05, 0) is 0 Å². The number of esters is 4. The summed E-state index contributed by atoms with van der Waals surface area (Å²) in [6, 6.07) is 0. The van der Waals surface area contributed by atoms with Gasteiger partial charge in [-0.1, -0.05) is 0 Å². The number of likely N-dealkylation sites (tertiary alicyclic amines) is 1. The Balaban J connectivity index is 2.45. The van der Waals surface area contributed by atoms with E-state index in [1.807, 2.05) is 0 Å². The smallest absolute Gasteiger partial charge is 0.306 e. The van der Waals surface area contributed by atoms with Crippen LogP contribution in [0.1, 0.15) is 46.5 Å². The maximum Gasteiger partial charge on any atom is 0.306 e. The molecule has 0 spiro atoms. The molecule has 1 saturated heterocycles. The fraction of sp³-hybridized carbons (Fsp3) is 0.762. The molecule has 0 radical (unpaired) electrons. The highest BCUT2D eigenvalue weighted by Crippen LogP contribution is 2.28. The summed E-state index contributed by atoms with van der Waals surface area (Å²) < 4.78 is 31.0. The Hall–Kier alpha value is -2.73. The molecule has 0 unspecified atom stereocenters. The summed E-state index contributed by atoms with van der Waals surface area (Å²) in [5, 5.41) is 0. The van der Waals surface area contributed by atoms with E-state index in [0.29, 0.717) is 25.9 Å². The molecule has 1 rings (SSSR count).